The maximum Gasteiger partial charge on any atom is 0.251 e. The molecule has 1 fully saturated rings. The Labute approximate surface area is 80.7 Å². The molecule has 1 heterocycles. The van der Waals surface area contributed by atoms with Crippen molar-refractivity contribution in [3.63, 3.8) is 0 Å². The van der Waals surface area contributed by atoms with Crippen molar-refractivity contribution in [2.24, 2.45) is 0 Å². The first-order valence-corrected chi connectivity index (χ1v) is 4.89. The number of hydrogen-bond acceptors (Lipinski definition) is 1. The Bertz CT molecular complexity index is 226. The summed E-state index contributed by atoms with van der Waals surface area (Å²) in [4.78, 5) is 11.2. The predicted octanol–water partition coefficient (Wildman–Crippen LogP) is 2.43. The molecule has 1 amide bonds. The molecule has 0 aromatic carbocycles. The Morgan fingerprint density at radius 2 is 1.85 bits per heavy atom. The highest BCUT2D eigenvalue weighted by atomic mass is 16.1. The number of carbonyl (C=O) groups excluding carboxylic acids is 1. The second-order valence-electron chi connectivity index (χ2n) is 2.52. The Morgan fingerprint density at radius 1 is 1.23 bits per heavy atom. The first-order valence-electron chi connectivity index (χ1n) is 4.89. The second kappa shape index (κ2) is 6.46. The van der Waals surface area contributed by atoms with E-state index in [1.54, 1.807) is 0 Å². The van der Waals surface area contributed by atoms with Crippen molar-refractivity contribution in [2.75, 3.05) is 6.54 Å². The zero-order valence-electron chi connectivity index (χ0n) is 8.98. The molecule has 2 nitrogen and oxygen atoms in total. The molecule has 1 N–H and O–H groups in total. The van der Waals surface area contributed by atoms with Gasteiger partial charge in [0.1, 0.15) is 0 Å². The van der Waals surface area contributed by atoms with Crippen molar-refractivity contribution in [3.8, 4) is 0 Å². The fourth-order valence-electron chi connectivity index (χ4n) is 1.30. The van der Waals surface area contributed by atoms with Gasteiger partial charge in [0.25, 0.3) is 5.91 Å². The second-order valence-corrected chi connectivity index (χ2v) is 2.52. The van der Waals surface area contributed by atoms with Gasteiger partial charge in [0, 0.05) is 12.1 Å². The third kappa shape index (κ3) is 3.05. The average Bonchev–Trinajstić information content (AvgIpc) is 2.20. The molecular formula is C11H19NO. The van der Waals surface area contributed by atoms with Gasteiger partial charge in [0.05, 0.1) is 0 Å². The number of allylic oxidation sites excluding steroid dienone is 2. The van der Waals surface area contributed by atoms with Gasteiger partial charge in [0.15, 0.2) is 0 Å². The molecule has 2 heteroatoms. The van der Waals surface area contributed by atoms with Crippen molar-refractivity contribution in [1.29, 1.82) is 0 Å². The van der Waals surface area contributed by atoms with Gasteiger partial charge in [-0.2, -0.15) is 0 Å². The van der Waals surface area contributed by atoms with E-state index >= 15 is 0 Å². The molecule has 0 spiro atoms. The van der Waals surface area contributed by atoms with Crippen molar-refractivity contribution >= 4 is 5.91 Å². The lowest BCUT2D eigenvalue weighted by molar-refractivity contribution is -0.117. The van der Waals surface area contributed by atoms with Gasteiger partial charge in [-0.25, -0.2) is 0 Å². The van der Waals surface area contributed by atoms with Crippen LogP contribution in [0, 0.1) is 0 Å². The van der Waals surface area contributed by atoms with Crippen LogP contribution in [0.15, 0.2) is 23.3 Å². The van der Waals surface area contributed by atoms with Gasteiger partial charge in [0.2, 0.25) is 0 Å². The summed E-state index contributed by atoms with van der Waals surface area (Å²) in [5, 5.41) is 2.80. The molecule has 0 aromatic heterocycles. The summed E-state index contributed by atoms with van der Waals surface area (Å²) >= 11 is 0. The Hall–Kier alpha value is -1.05. The van der Waals surface area contributed by atoms with Crippen molar-refractivity contribution < 1.29 is 4.79 Å². The van der Waals surface area contributed by atoms with Crippen LogP contribution in [0.3, 0.4) is 0 Å². The highest BCUT2D eigenvalue weighted by Crippen LogP contribution is 2.17. The molecule has 1 saturated heterocycles. The molecule has 13 heavy (non-hydrogen) atoms. The summed E-state index contributed by atoms with van der Waals surface area (Å²) in [6.07, 6.45) is 4.83. The van der Waals surface area contributed by atoms with Crippen LogP contribution >= 0.6 is 0 Å². The van der Waals surface area contributed by atoms with E-state index in [9.17, 15) is 4.79 Å². The zero-order valence-corrected chi connectivity index (χ0v) is 8.98. The Morgan fingerprint density at radius 3 is 2.23 bits per heavy atom. The fourth-order valence-corrected chi connectivity index (χ4v) is 1.30. The van der Waals surface area contributed by atoms with Crippen LogP contribution in [0.5, 0.6) is 0 Å². The molecule has 1 aliphatic rings. The average molecular weight is 181 g/mol. The van der Waals surface area contributed by atoms with E-state index in [0.29, 0.717) is 0 Å². The van der Waals surface area contributed by atoms with Crippen LogP contribution in [0.1, 0.15) is 34.1 Å². The molecule has 0 radical (unpaired) electrons. The van der Waals surface area contributed by atoms with Gasteiger partial charge in [-0.1, -0.05) is 26.0 Å². The van der Waals surface area contributed by atoms with Gasteiger partial charge < -0.3 is 5.32 Å². The van der Waals surface area contributed by atoms with Crippen LogP contribution < -0.4 is 5.32 Å². The minimum Gasteiger partial charge on any atom is -0.352 e. The lowest BCUT2D eigenvalue weighted by Crippen LogP contribution is -2.32. The van der Waals surface area contributed by atoms with Crippen LogP contribution in [-0.4, -0.2) is 12.5 Å². The number of rotatable bonds is 0. The fraction of sp³-hybridized carbons (Fsp3) is 0.545. The maximum absolute atomic E-state index is 11.2. The summed E-state index contributed by atoms with van der Waals surface area (Å²) in [6.45, 7) is 8.64. The topological polar surface area (TPSA) is 29.1 Å². The zero-order chi connectivity index (χ0) is 10.3. The smallest absolute Gasteiger partial charge is 0.251 e. The molecule has 74 valence electrons. The predicted molar refractivity (Wildman–Crippen MR) is 56.5 cm³/mol. The summed E-state index contributed by atoms with van der Waals surface area (Å²) in [5.41, 5.74) is 2.00. The van der Waals surface area contributed by atoms with Crippen LogP contribution in [0.2, 0.25) is 0 Å². The number of piperidine rings is 1. The van der Waals surface area contributed by atoms with Gasteiger partial charge >= 0.3 is 0 Å². The first kappa shape index (κ1) is 11.9. The third-order valence-electron chi connectivity index (χ3n) is 1.91. The first-order chi connectivity index (χ1) is 6.29. The highest BCUT2D eigenvalue weighted by molar-refractivity contribution is 5.98. The maximum atomic E-state index is 11.2. The summed E-state index contributed by atoms with van der Waals surface area (Å²) < 4.78 is 0. The van der Waals surface area contributed by atoms with Crippen LogP contribution in [-0.2, 0) is 4.79 Å². The number of carbonyl (C=O) groups is 1. The van der Waals surface area contributed by atoms with Gasteiger partial charge in [-0.3, -0.25) is 4.79 Å². The minimum atomic E-state index is 0.0619. The monoisotopic (exact) mass is 181 g/mol. The minimum absolute atomic E-state index is 0.0619. The molecule has 0 aromatic rings. The Balaban J connectivity index is 0.000000671. The molecule has 0 unspecified atom stereocenters. The molecule has 1 rings (SSSR count). The van der Waals surface area contributed by atoms with E-state index in [1.807, 2.05) is 39.8 Å². The highest BCUT2D eigenvalue weighted by Gasteiger charge is 2.16. The lowest BCUT2D eigenvalue weighted by Gasteiger charge is -2.17. The van der Waals surface area contributed by atoms with Crippen molar-refractivity contribution in [3.05, 3.63) is 23.3 Å². The van der Waals surface area contributed by atoms with E-state index in [-0.39, 0.29) is 5.91 Å². The van der Waals surface area contributed by atoms with E-state index in [2.05, 4.69) is 5.32 Å². The largest absolute Gasteiger partial charge is 0.352 e. The van der Waals surface area contributed by atoms with Crippen LogP contribution in [0.4, 0.5) is 0 Å². The number of hydrogen-bond donors (Lipinski definition) is 1. The summed E-state index contributed by atoms with van der Waals surface area (Å²) in [7, 11) is 0. The summed E-state index contributed by atoms with van der Waals surface area (Å²) in [6, 6.07) is 0. The SMILES string of the molecule is C/C=C1/CCNC(=O)/C1=C/C.CC. The number of amides is 1. The normalized spacial score (nSPS) is 22.3. The Kier molecular flexibility index (Phi) is 5.94. The molecule has 0 bridgehead atoms. The summed E-state index contributed by atoms with van der Waals surface area (Å²) in [5.74, 6) is 0.0619. The van der Waals surface area contributed by atoms with Crippen molar-refractivity contribution in [2.45, 2.75) is 34.1 Å². The lowest BCUT2D eigenvalue weighted by atomic mass is 9.98. The third-order valence-corrected chi connectivity index (χ3v) is 1.91. The van der Waals surface area contributed by atoms with Crippen molar-refractivity contribution in [1.82, 2.24) is 5.32 Å². The standard InChI is InChI=1S/C9H13NO.C2H6/c1-3-7-5-6-10-9(11)8(7)4-2;1-2/h3-4H,5-6H2,1-2H3,(H,10,11);1-2H3/b7-3-,8-4+;. The molecular weight excluding hydrogens is 162 g/mol. The molecule has 0 saturated carbocycles. The van der Waals surface area contributed by atoms with E-state index in [4.69, 9.17) is 0 Å². The van der Waals surface area contributed by atoms with E-state index in [1.165, 1.54) is 0 Å². The quantitative estimate of drug-likeness (QED) is 0.571. The molecule has 1 aliphatic heterocycles. The van der Waals surface area contributed by atoms with Gasteiger partial charge in [-0.05, 0) is 25.8 Å². The number of nitrogens with one attached hydrogen (secondary N) is 1. The molecule has 0 atom stereocenters. The van der Waals surface area contributed by atoms with Crippen LogP contribution in [0.25, 0.3) is 0 Å². The van der Waals surface area contributed by atoms with E-state index in [0.717, 1.165) is 24.1 Å². The van der Waals surface area contributed by atoms with Gasteiger partial charge in [-0.15, -0.1) is 0 Å². The van der Waals surface area contributed by atoms with E-state index < -0.39 is 0 Å². The molecule has 0 aliphatic carbocycles.